The van der Waals surface area contributed by atoms with E-state index in [1.54, 1.807) is 4.90 Å². The first-order valence-electron chi connectivity index (χ1n) is 10.8. The molecule has 1 saturated carbocycles. The Morgan fingerprint density at radius 3 is 2.41 bits per heavy atom. The molecule has 2 atom stereocenters. The van der Waals surface area contributed by atoms with Crippen molar-refractivity contribution in [1.29, 1.82) is 0 Å². The topological polar surface area (TPSA) is 43.9 Å². The predicted molar refractivity (Wildman–Crippen MR) is 116 cm³/mol. The van der Waals surface area contributed by atoms with Gasteiger partial charge in [-0.05, 0) is 43.4 Å². The van der Waals surface area contributed by atoms with Crippen LogP contribution >= 0.6 is 11.6 Å². The number of hydrogen-bond donors (Lipinski definition) is 0. The van der Waals surface area contributed by atoms with E-state index in [0.717, 1.165) is 62.7 Å². The van der Waals surface area contributed by atoms with Crippen LogP contribution < -0.4 is 4.90 Å². The maximum Gasteiger partial charge on any atom is 0.235 e. The third-order valence-electron chi connectivity index (χ3n) is 7.93. The summed E-state index contributed by atoms with van der Waals surface area (Å²) in [6.45, 7) is 11.5. The number of benzene rings is 1. The number of imide groups is 1. The van der Waals surface area contributed by atoms with Crippen molar-refractivity contribution in [2.75, 3.05) is 44.2 Å². The van der Waals surface area contributed by atoms with Gasteiger partial charge >= 0.3 is 0 Å². The minimum atomic E-state index is -0.397. The molecule has 3 fully saturated rings. The lowest BCUT2D eigenvalue weighted by Crippen LogP contribution is -2.59. The maximum absolute atomic E-state index is 13.1. The molecule has 1 aromatic carbocycles. The van der Waals surface area contributed by atoms with Gasteiger partial charge in [-0.25, -0.2) is 0 Å². The second-order valence-electron chi connectivity index (χ2n) is 9.57. The van der Waals surface area contributed by atoms with Crippen LogP contribution in [0.25, 0.3) is 0 Å². The van der Waals surface area contributed by atoms with Crippen LogP contribution in [-0.2, 0) is 9.59 Å². The average Bonchev–Trinajstić information content (AvgIpc) is 2.89. The van der Waals surface area contributed by atoms with Gasteiger partial charge in [-0.15, -0.1) is 0 Å². The highest BCUT2D eigenvalue weighted by Gasteiger charge is 2.64. The van der Waals surface area contributed by atoms with Crippen LogP contribution in [0.15, 0.2) is 24.3 Å². The lowest BCUT2D eigenvalue weighted by Gasteiger charge is -2.47. The number of piperazine rings is 1. The number of carbonyl (C=O) groups is 2. The molecule has 2 heterocycles. The molecule has 0 radical (unpaired) electrons. The molecule has 5 nitrogen and oxygen atoms in total. The minimum Gasteiger partial charge on any atom is -0.368 e. The number of likely N-dealkylation sites (tertiary alicyclic amines) is 1. The number of para-hydroxylation sites is 1. The molecule has 2 amide bonds. The highest BCUT2D eigenvalue weighted by Crippen LogP contribution is 2.60. The molecule has 0 aromatic heterocycles. The quantitative estimate of drug-likeness (QED) is 0.686. The van der Waals surface area contributed by atoms with Crippen LogP contribution in [0.3, 0.4) is 0 Å². The van der Waals surface area contributed by atoms with Gasteiger partial charge < -0.3 is 4.90 Å². The van der Waals surface area contributed by atoms with Gasteiger partial charge in [-0.1, -0.05) is 44.5 Å². The first kappa shape index (κ1) is 20.7. The van der Waals surface area contributed by atoms with Crippen LogP contribution in [0.5, 0.6) is 0 Å². The number of fused-ring (bicyclic) bond motifs is 2. The number of hydrogen-bond acceptors (Lipinski definition) is 4. The molecular formula is C23H32ClN3O2. The molecule has 29 heavy (non-hydrogen) atoms. The molecule has 2 bridgehead atoms. The minimum absolute atomic E-state index is 0.00985. The Hall–Kier alpha value is -1.59. The van der Waals surface area contributed by atoms with Gasteiger partial charge in [0.1, 0.15) is 0 Å². The van der Waals surface area contributed by atoms with E-state index in [2.05, 4.69) is 36.6 Å². The Balaban J connectivity index is 1.29. The van der Waals surface area contributed by atoms with E-state index in [0.29, 0.717) is 6.54 Å². The summed E-state index contributed by atoms with van der Waals surface area (Å²) in [7, 11) is 0. The Bertz CT molecular complexity index is 803. The molecule has 0 spiro atoms. The van der Waals surface area contributed by atoms with Crippen molar-refractivity contribution in [3.63, 3.8) is 0 Å². The SMILES string of the molecule is CC12CCC(C(=O)N(CCCN3CCN(c4ccccc4Cl)CC3)C1=O)C2(C)C. The summed E-state index contributed by atoms with van der Waals surface area (Å²) in [4.78, 5) is 32.4. The number of halogens is 1. The fourth-order valence-corrected chi connectivity index (χ4v) is 5.74. The third-order valence-corrected chi connectivity index (χ3v) is 8.25. The zero-order valence-electron chi connectivity index (χ0n) is 17.8. The Morgan fingerprint density at radius 1 is 1.03 bits per heavy atom. The first-order valence-corrected chi connectivity index (χ1v) is 11.2. The van der Waals surface area contributed by atoms with Crippen molar-refractivity contribution in [3.8, 4) is 0 Å². The summed E-state index contributed by atoms with van der Waals surface area (Å²) in [5.74, 6) is 0.0904. The summed E-state index contributed by atoms with van der Waals surface area (Å²) in [6, 6.07) is 7.99. The van der Waals surface area contributed by atoms with Gasteiger partial charge in [0.2, 0.25) is 11.8 Å². The van der Waals surface area contributed by atoms with E-state index < -0.39 is 5.41 Å². The van der Waals surface area contributed by atoms with Crippen molar-refractivity contribution in [3.05, 3.63) is 29.3 Å². The lowest BCUT2D eigenvalue weighted by atomic mass is 9.62. The van der Waals surface area contributed by atoms with Crippen LogP contribution in [0.1, 0.15) is 40.0 Å². The van der Waals surface area contributed by atoms with Crippen LogP contribution in [0.4, 0.5) is 5.69 Å². The second kappa shape index (κ2) is 7.59. The second-order valence-corrected chi connectivity index (χ2v) is 9.98. The number of carbonyl (C=O) groups excluding carboxylic acids is 2. The standard InChI is InChI=1S/C23H32ClN3O2/c1-22(2)17-9-10-23(22,3)21(29)27(20(17)28)12-6-11-25-13-15-26(16-14-25)19-8-5-4-7-18(19)24/h4-5,7-8,17H,6,9-16H2,1-3H3. The van der Waals surface area contributed by atoms with Gasteiger partial charge in [-0.3, -0.25) is 19.4 Å². The number of nitrogens with zero attached hydrogens (tertiary/aromatic N) is 3. The summed E-state index contributed by atoms with van der Waals surface area (Å²) in [5, 5.41) is 0.800. The molecule has 3 aliphatic rings. The smallest absolute Gasteiger partial charge is 0.235 e. The lowest BCUT2D eigenvalue weighted by molar-refractivity contribution is -0.167. The molecule has 2 saturated heterocycles. The number of amides is 2. The summed E-state index contributed by atoms with van der Waals surface area (Å²) < 4.78 is 0. The summed E-state index contributed by atoms with van der Waals surface area (Å²) in [6.07, 6.45) is 2.51. The monoisotopic (exact) mass is 417 g/mol. The van der Waals surface area contributed by atoms with E-state index in [9.17, 15) is 9.59 Å². The van der Waals surface area contributed by atoms with Crippen molar-refractivity contribution < 1.29 is 9.59 Å². The molecule has 2 aliphatic heterocycles. The Labute approximate surface area is 179 Å². The zero-order valence-corrected chi connectivity index (χ0v) is 18.5. The Morgan fingerprint density at radius 2 is 1.72 bits per heavy atom. The third kappa shape index (κ3) is 3.36. The average molecular weight is 418 g/mol. The van der Waals surface area contributed by atoms with Gasteiger partial charge in [-0.2, -0.15) is 0 Å². The number of anilines is 1. The highest BCUT2D eigenvalue weighted by atomic mass is 35.5. The van der Waals surface area contributed by atoms with Crippen molar-refractivity contribution in [2.45, 2.75) is 40.0 Å². The molecule has 2 unspecified atom stereocenters. The fraction of sp³-hybridized carbons (Fsp3) is 0.652. The van der Waals surface area contributed by atoms with Crippen molar-refractivity contribution in [2.24, 2.45) is 16.7 Å². The van der Waals surface area contributed by atoms with E-state index in [1.807, 2.05) is 18.2 Å². The van der Waals surface area contributed by atoms with Crippen LogP contribution in [0, 0.1) is 16.7 Å². The predicted octanol–water partition coefficient (Wildman–Crippen LogP) is 3.66. The van der Waals surface area contributed by atoms with E-state index in [1.165, 1.54) is 0 Å². The van der Waals surface area contributed by atoms with E-state index >= 15 is 0 Å². The van der Waals surface area contributed by atoms with Gasteiger partial charge in [0.05, 0.1) is 16.1 Å². The number of rotatable bonds is 5. The van der Waals surface area contributed by atoms with E-state index in [-0.39, 0.29) is 23.1 Å². The van der Waals surface area contributed by atoms with Crippen LogP contribution in [0.2, 0.25) is 5.02 Å². The zero-order chi connectivity index (χ0) is 20.8. The van der Waals surface area contributed by atoms with Crippen LogP contribution in [-0.4, -0.2) is 60.9 Å². The molecule has 1 aliphatic carbocycles. The summed E-state index contributed by atoms with van der Waals surface area (Å²) >= 11 is 6.33. The fourth-order valence-electron chi connectivity index (χ4n) is 5.49. The van der Waals surface area contributed by atoms with Gasteiger partial charge in [0.25, 0.3) is 0 Å². The van der Waals surface area contributed by atoms with Crippen molar-refractivity contribution in [1.82, 2.24) is 9.80 Å². The molecule has 1 aromatic rings. The molecular weight excluding hydrogens is 386 g/mol. The Kier molecular flexibility index (Phi) is 5.41. The maximum atomic E-state index is 13.1. The highest BCUT2D eigenvalue weighted by molar-refractivity contribution is 6.33. The summed E-state index contributed by atoms with van der Waals surface area (Å²) in [5.41, 5.74) is 0.475. The van der Waals surface area contributed by atoms with Crippen molar-refractivity contribution >= 4 is 29.1 Å². The first-order chi connectivity index (χ1) is 13.8. The normalized spacial score (nSPS) is 29.6. The van der Waals surface area contributed by atoms with Gasteiger partial charge in [0, 0.05) is 38.6 Å². The van der Waals surface area contributed by atoms with E-state index in [4.69, 9.17) is 11.6 Å². The molecule has 4 rings (SSSR count). The largest absolute Gasteiger partial charge is 0.368 e. The van der Waals surface area contributed by atoms with Gasteiger partial charge in [0.15, 0.2) is 0 Å². The molecule has 158 valence electrons. The molecule has 6 heteroatoms. The molecule has 0 N–H and O–H groups in total. The number of piperidine rings is 1.